The molecule has 2 rings (SSSR count). The molecule has 2 aliphatic rings. The molecule has 3 unspecified atom stereocenters. The number of hydrogen-bond donors (Lipinski definition) is 2. The van der Waals surface area contributed by atoms with Crippen LogP contribution in [0.2, 0.25) is 0 Å². The molecule has 124 valence electrons. The average molecular weight is 295 g/mol. The van der Waals surface area contributed by atoms with Crippen LogP contribution in [0.3, 0.4) is 0 Å². The van der Waals surface area contributed by atoms with Crippen molar-refractivity contribution in [2.24, 2.45) is 28.9 Å². The Bertz CT molecular complexity index is 299. The molecule has 0 saturated heterocycles. The minimum Gasteiger partial charge on any atom is -0.328 e. The van der Waals surface area contributed by atoms with Crippen LogP contribution in [0.5, 0.6) is 0 Å². The van der Waals surface area contributed by atoms with E-state index in [0.717, 1.165) is 23.8 Å². The highest BCUT2D eigenvalue weighted by Crippen LogP contribution is 2.37. The first-order valence-corrected chi connectivity index (χ1v) is 9.33. The Hall–Kier alpha value is -0.0800. The van der Waals surface area contributed by atoms with Crippen molar-refractivity contribution in [2.75, 3.05) is 6.54 Å². The number of hydrogen-bond acceptors (Lipinski definition) is 2. The van der Waals surface area contributed by atoms with Crippen LogP contribution in [0.1, 0.15) is 79.1 Å². The van der Waals surface area contributed by atoms with Gasteiger partial charge in [-0.3, -0.25) is 0 Å². The van der Waals surface area contributed by atoms with E-state index in [9.17, 15) is 0 Å². The monoisotopic (exact) mass is 294 g/mol. The van der Waals surface area contributed by atoms with Gasteiger partial charge in [0.2, 0.25) is 0 Å². The van der Waals surface area contributed by atoms with E-state index in [-0.39, 0.29) is 0 Å². The van der Waals surface area contributed by atoms with E-state index in [1.165, 1.54) is 57.9 Å². The van der Waals surface area contributed by atoms with Crippen molar-refractivity contribution in [3.05, 3.63) is 0 Å². The summed E-state index contributed by atoms with van der Waals surface area (Å²) in [6.07, 6.45) is 10.8. The predicted molar refractivity (Wildman–Crippen MR) is 92.3 cm³/mol. The molecule has 3 N–H and O–H groups in total. The van der Waals surface area contributed by atoms with Gasteiger partial charge in [0, 0.05) is 12.1 Å². The van der Waals surface area contributed by atoms with E-state index in [2.05, 4.69) is 33.0 Å². The van der Waals surface area contributed by atoms with Crippen LogP contribution in [0.4, 0.5) is 0 Å². The van der Waals surface area contributed by atoms with E-state index in [1.807, 2.05) is 0 Å². The van der Waals surface area contributed by atoms with E-state index >= 15 is 0 Å². The zero-order valence-corrected chi connectivity index (χ0v) is 14.8. The van der Waals surface area contributed by atoms with E-state index in [4.69, 9.17) is 5.73 Å². The van der Waals surface area contributed by atoms with Crippen LogP contribution >= 0.6 is 0 Å². The van der Waals surface area contributed by atoms with Gasteiger partial charge in [-0.25, -0.2) is 0 Å². The minimum atomic E-state index is 0.489. The van der Waals surface area contributed by atoms with Crippen molar-refractivity contribution < 1.29 is 0 Å². The normalized spacial score (nSPS) is 35.9. The number of nitrogens with two attached hydrogens (primary N) is 1. The lowest BCUT2D eigenvalue weighted by molar-refractivity contribution is 0.158. The topological polar surface area (TPSA) is 38.0 Å². The molecule has 0 amide bonds. The van der Waals surface area contributed by atoms with Crippen LogP contribution in [0, 0.1) is 23.2 Å². The molecule has 0 radical (unpaired) electrons. The number of nitrogens with one attached hydrogen (secondary N) is 1. The van der Waals surface area contributed by atoms with Crippen molar-refractivity contribution in [1.82, 2.24) is 5.32 Å². The molecule has 2 heteroatoms. The molecule has 21 heavy (non-hydrogen) atoms. The first-order chi connectivity index (χ1) is 9.84. The van der Waals surface area contributed by atoms with E-state index < -0.39 is 0 Å². The van der Waals surface area contributed by atoms with Crippen molar-refractivity contribution in [1.29, 1.82) is 0 Å². The van der Waals surface area contributed by atoms with Crippen molar-refractivity contribution >= 4 is 0 Å². The molecule has 2 aliphatic carbocycles. The predicted octanol–water partition coefficient (Wildman–Crippen LogP) is 4.33. The molecule has 2 fully saturated rings. The summed E-state index contributed by atoms with van der Waals surface area (Å²) >= 11 is 0. The van der Waals surface area contributed by atoms with E-state index in [1.54, 1.807) is 0 Å². The Morgan fingerprint density at radius 1 is 1.05 bits per heavy atom. The van der Waals surface area contributed by atoms with Crippen molar-refractivity contribution in [3.8, 4) is 0 Å². The minimum absolute atomic E-state index is 0.489. The van der Waals surface area contributed by atoms with Crippen molar-refractivity contribution in [2.45, 2.75) is 91.1 Å². The van der Waals surface area contributed by atoms with Gasteiger partial charge in [-0.05, 0) is 81.1 Å². The molecule has 0 aromatic carbocycles. The quantitative estimate of drug-likeness (QED) is 0.792. The zero-order chi connectivity index (χ0) is 15.5. The summed E-state index contributed by atoms with van der Waals surface area (Å²) < 4.78 is 0. The molecule has 2 nitrogen and oxygen atoms in total. The Morgan fingerprint density at radius 2 is 1.71 bits per heavy atom. The molecular formula is C19H38N2. The second-order valence-corrected chi connectivity index (χ2v) is 9.10. The highest BCUT2D eigenvalue weighted by atomic mass is 14.9. The third-order valence-electron chi connectivity index (χ3n) is 6.02. The summed E-state index contributed by atoms with van der Waals surface area (Å²) in [5, 5.41) is 3.85. The fourth-order valence-electron chi connectivity index (χ4n) is 4.51. The first kappa shape index (κ1) is 17.3. The molecule has 2 saturated carbocycles. The van der Waals surface area contributed by atoms with Gasteiger partial charge in [-0.1, -0.05) is 27.7 Å². The molecular weight excluding hydrogens is 256 g/mol. The Labute approximate surface area is 132 Å². The fourth-order valence-corrected chi connectivity index (χ4v) is 4.51. The smallest absolute Gasteiger partial charge is 0.00673 e. The largest absolute Gasteiger partial charge is 0.328 e. The summed E-state index contributed by atoms with van der Waals surface area (Å²) in [6, 6.07) is 1.26. The lowest BCUT2D eigenvalue weighted by Crippen LogP contribution is -2.38. The summed E-state index contributed by atoms with van der Waals surface area (Å²) in [4.78, 5) is 0. The molecule has 0 aliphatic heterocycles. The van der Waals surface area contributed by atoms with Gasteiger partial charge in [0.05, 0.1) is 0 Å². The summed E-state index contributed by atoms with van der Waals surface area (Å²) in [6.45, 7) is 10.8. The highest BCUT2D eigenvalue weighted by molar-refractivity contribution is 4.84. The Morgan fingerprint density at radius 3 is 2.24 bits per heavy atom. The maximum atomic E-state index is 6.02. The second kappa shape index (κ2) is 7.46. The molecule has 0 aromatic rings. The molecule has 0 heterocycles. The molecule has 0 spiro atoms. The van der Waals surface area contributed by atoms with Gasteiger partial charge in [-0.2, -0.15) is 0 Å². The molecule has 3 atom stereocenters. The first-order valence-electron chi connectivity index (χ1n) is 9.33. The fraction of sp³-hybridized carbons (Fsp3) is 1.00. The third-order valence-corrected chi connectivity index (χ3v) is 6.02. The lowest BCUT2D eigenvalue weighted by Gasteiger charge is -2.37. The van der Waals surface area contributed by atoms with Crippen LogP contribution in [0.15, 0.2) is 0 Å². The summed E-state index contributed by atoms with van der Waals surface area (Å²) in [5.41, 5.74) is 6.52. The third kappa shape index (κ3) is 5.56. The van der Waals surface area contributed by atoms with E-state index in [0.29, 0.717) is 11.5 Å². The SMILES string of the molecule is CC(CNC1CCC(C(C)(C)C)CC1)CC1CCC(N)C1. The number of rotatable bonds is 5. The van der Waals surface area contributed by atoms with Gasteiger partial charge in [-0.15, -0.1) is 0 Å². The lowest BCUT2D eigenvalue weighted by atomic mass is 9.71. The average Bonchev–Trinajstić information content (AvgIpc) is 2.81. The summed E-state index contributed by atoms with van der Waals surface area (Å²) in [7, 11) is 0. The molecule has 0 bridgehead atoms. The Balaban J connectivity index is 1.61. The van der Waals surface area contributed by atoms with Crippen molar-refractivity contribution in [3.63, 3.8) is 0 Å². The zero-order valence-electron chi connectivity index (χ0n) is 14.8. The van der Waals surface area contributed by atoms with Gasteiger partial charge in [0.1, 0.15) is 0 Å². The maximum Gasteiger partial charge on any atom is 0.00673 e. The highest BCUT2D eigenvalue weighted by Gasteiger charge is 2.29. The van der Waals surface area contributed by atoms with Gasteiger partial charge >= 0.3 is 0 Å². The second-order valence-electron chi connectivity index (χ2n) is 9.10. The van der Waals surface area contributed by atoms with Crippen LogP contribution in [-0.4, -0.2) is 18.6 Å². The van der Waals surface area contributed by atoms with Crippen LogP contribution < -0.4 is 11.1 Å². The molecule has 0 aromatic heterocycles. The van der Waals surface area contributed by atoms with Gasteiger partial charge < -0.3 is 11.1 Å². The standard InChI is InChI=1S/C19H38N2/c1-14(11-15-5-8-17(20)12-15)13-21-18-9-6-16(7-10-18)19(2,3)4/h14-18,21H,5-13,20H2,1-4H3. The Kier molecular flexibility index (Phi) is 6.14. The summed E-state index contributed by atoms with van der Waals surface area (Å²) in [5.74, 6) is 2.63. The van der Waals surface area contributed by atoms with Gasteiger partial charge in [0.15, 0.2) is 0 Å². The van der Waals surface area contributed by atoms with Crippen LogP contribution in [-0.2, 0) is 0 Å². The van der Waals surface area contributed by atoms with Gasteiger partial charge in [0.25, 0.3) is 0 Å². The maximum absolute atomic E-state index is 6.02. The van der Waals surface area contributed by atoms with Crippen LogP contribution in [0.25, 0.3) is 0 Å².